The van der Waals surface area contributed by atoms with Gasteiger partial charge in [0.1, 0.15) is 12.4 Å². The lowest BCUT2D eigenvalue weighted by Crippen LogP contribution is -2.40. The van der Waals surface area contributed by atoms with Crippen LogP contribution < -0.4 is 5.32 Å². The molecule has 0 spiro atoms. The number of allylic oxidation sites excluding steroid dienone is 2. The predicted molar refractivity (Wildman–Crippen MR) is 104 cm³/mol. The zero-order valence-electron chi connectivity index (χ0n) is 16.1. The first-order valence-electron chi connectivity index (χ1n) is 10.3. The van der Waals surface area contributed by atoms with E-state index in [1.54, 1.807) is 0 Å². The van der Waals surface area contributed by atoms with Crippen molar-refractivity contribution in [3.63, 3.8) is 0 Å². The van der Waals surface area contributed by atoms with E-state index in [9.17, 15) is 5.11 Å². The zero-order valence-corrected chi connectivity index (χ0v) is 16.1. The van der Waals surface area contributed by atoms with Crippen molar-refractivity contribution in [2.75, 3.05) is 0 Å². The lowest BCUT2D eigenvalue weighted by atomic mass is 10.1. The van der Waals surface area contributed by atoms with Crippen molar-refractivity contribution in [3.05, 3.63) is 24.6 Å². The molecule has 0 aliphatic carbocycles. The number of nitrogens with one attached hydrogen (secondary N) is 1. The summed E-state index contributed by atoms with van der Waals surface area (Å²) in [6, 6.07) is 0. The van der Waals surface area contributed by atoms with Crippen LogP contribution in [0.4, 0.5) is 0 Å². The first-order chi connectivity index (χ1) is 11.8. The Morgan fingerprint density at radius 3 is 2.17 bits per heavy atom. The van der Waals surface area contributed by atoms with Crippen LogP contribution in [0.2, 0.25) is 0 Å². The zero-order chi connectivity index (χ0) is 17.5. The largest absolute Gasteiger partial charge is 0.374 e. The molecule has 0 aromatic carbocycles. The molecule has 2 N–H and O–H groups in total. The molecule has 0 amide bonds. The van der Waals surface area contributed by atoms with Gasteiger partial charge in [0.15, 0.2) is 0 Å². The van der Waals surface area contributed by atoms with Crippen molar-refractivity contribution in [2.45, 2.75) is 110 Å². The second-order valence-electron chi connectivity index (χ2n) is 7.10. The third kappa shape index (κ3) is 10.0. The summed E-state index contributed by atoms with van der Waals surface area (Å²) in [5.74, 6) is 0. The summed E-state index contributed by atoms with van der Waals surface area (Å²) in [5.41, 5.74) is 0. The molecule has 3 nitrogen and oxygen atoms in total. The number of rotatable bonds is 15. The number of unbranched alkanes of at least 4 members (excludes halogenated alkanes) is 10. The smallest absolute Gasteiger partial charge is 0.125 e. The van der Waals surface area contributed by atoms with Crippen molar-refractivity contribution in [1.82, 2.24) is 10.2 Å². The fourth-order valence-corrected chi connectivity index (χ4v) is 3.29. The van der Waals surface area contributed by atoms with E-state index in [2.05, 4.69) is 24.4 Å². The average Bonchev–Trinajstić information content (AvgIpc) is 3.04. The predicted octanol–water partition coefficient (Wildman–Crippen LogP) is 5.67. The Hall–Kier alpha value is -0.960. The first kappa shape index (κ1) is 21.1. The van der Waals surface area contributed by atoms with Crippen molar-refractivity contribution >= 4 is 0 Å². The molecule has 0 bridgehead atoms. The Morgan fingerprint density at radius 2 is 1.54 bits per heavy atom. The van der Waals surface area contributed by atoms with Crippen LogP contribution in [0.5, 0.6) is 0 Å². The van der Waals surface area contributed by atoms with Gasteiger partial charge in [-0.1, -0.05) is 76.9 Å². The van der Waals surface area contributed by atoms with Crippen molar-refractivity contribution in [2.24, 2.45) is 0 Å². The molecule has 1 aliphatic rings. The molecular formula is C21H40N2O. The van der Waals surface area contributed by atoms with Crippen LogP contribution in [-0.2, 0) is 0 Å². The van der Waals surface area contributed by atoms with Crippen molar-refractivity contribution in [3.8, 4) is 0 Å². The van der Waals surface area contributed by atoms with E-state index >= 15 is 0 Å². The lowest BCUT2D eigenvalue weighted by molar-refractivity contribution is 0.0264. The molecule has 0 fully saturated rings. The number of nitrogens with zero attached hydrogens (tertiary/aromatic N) is 1. The monoisotopic (exact) mass is 336 g/mol. The highest BCUT2D eigenvalue weighted by atomic mass is 16.3. The van der Waals surface area contributed by atoms with E-state index in [4.69, 9.17) is 0 Å². The summed E-state index contributed by atoms with van der Waals surface area (Å²) in [5, 5.41) is 12.9. The van der Waals surface area contributed by atoms with Crippen molar-refractivity contribution in [1.29, 1.82) is 0 Å². The molecule has 1 rings (SSSR count). The summed E-state index contributed by atoms with van der Waals surface area (Å²) in [6.07, 6.45) is 25.7. The Morgan fingerprint density at radius 1 is 0.958 bits per heavy atom. The number of aliphatic hydroxyl groups is 1. The van der Waals surface area contributed by atoms with Gasteiger partial charge in [0, 0.05) is 12.4 Å². The molecule has 2 atom stereocenters. The van der Waals surface area contributed by atoms with Gasteiger partial charge in [0.05, 0.1) is 0 Å². The van der Waals surface area contributed by atoms with E-state index in [1.165, 1.54) is 70.6 Å². The maximum absolute atomic E-state index is 9.65. The van der Waals surface area contributed by atoms with Crippen LogP contribution >= 0.6 is 0 Å². The van der Waals surface area contributed by atoms with Crippen LogP contribution in [0.3, 0.4) is 0 Å². The maximum Gasteiger partial charge on any atom is 0.125 e. The highest BCUT2D eigenvalue weighted by molar-refractivity contribution is 4.95. The summed E-state index contributed by atoms with van der Waals surface area (Å²) >= 11 is 0. The minimum absolute atomic E-state index is 0.243. The Balaban J connectivity index is 1.85. The Labute approximate surface area is 150 Å². The van der Waals surface area contributed by atoms with Crippen LogP contribution in [0, 0.1) is 0 Å². The SMILES string of the molecule is CCCCCCCCCCCC/C=C/CCC1NC=CN1C(C)O. The molecule has 1 heterocycles. The molecule has 0 aromatic heterocycles. The van der Waals surface area contributed by atoms with E-state index in [-0.39, 0.29) is 6.17 Å². The van der Waals surface area contributed by atoms with Crippen LogP contribution in [0.1, 0.15) is 97.3 Å². The average molecular weight is 337 g/mol. The van der Waals surface area contributed by atoms with Crippen molar-refractivity contribution < 1.29 is 5.11 Å². The van der Waals surface area contributed by atoms with Gasteiger partial charge in [-0.2, -0.15) is 0 Å². The van der Waals surface area contributed by atoms with Gasteiger partial charge in [0.2, 0.25) is 0 Å². The fourth-order valence-electron chi connectivity index (χ4n) is 3.29. The minimum atomic E-state index is -0.420. The molecule has 0 radical (unpaired) electrons. The topological polar surface area (TPSA) is 35.5 Å². The molecule has 24 heavy (non-hydrogen) atoms. The molecule has 3 heteroatoms. The lowest BCUT2D eigenvalue weighted by Gasteiger charge is -2.27. The quantitative estimate of drug-likeness (QED) is 0.298. The second kappa shape index (κ2) is 14.4. The molecule has 0 saturated heterocycles. The van der Waals surface area contributed by atoms with Gasteiger partial charge < -0.3 is 15.3 Å². The summed E-state index contributed by atoms with van der Waals surface area (Å²) in [4.78, 5) is 1.97. The van der Waals surface area contributed by atoms with Crippen LogP contribution in [0.25, 0.3) is 0 Å². The molecule has 2 unspecified atom stereocenters. The highest BCUT2D eigenvalue weighted by Gasteiger charge is 2.20. The summed E-state index contributed by atoms with van der Waals surface area (Å²) < 4.78 is 0. The first-order valence-corrected chi connectivity index (χ1v) is 10.3. The fraction of sp³-hybridized carbons (Fsp3) is 0.810. The maximum atomic E-state index is 9.65. The number of hydrogen-bond acceptors (Lipinski definition) is 3. The molecular weight excluding hydrogens is 296 g/mol. The van der Waals surface area contributed by atoms with E-state index < -0.39 is 6.23 Å². The van der Waals surface area contributed by atoms with E-state index in [1.807, 2.05) is 24.2 Å². The Kier molecular flexibility index (Phi) is 12.6. The van der Waals surface area contributed by atoms with Crippen LogP contribution in [0.15, 0.2) is 24.6 Å². The second-order valence-corrected chi connectivity index (χ2v) is 7.10. The van der Waals surface area contributed by atoms with Gasteiger partial charge in [-0.25, -0.2) is 0 Å². The van der Waals surface area contributed by atoms with Gasteiger partial charge >= 0.3 is 0 Å². The molecule has 0 aromatic rings. The third-order valence-electron chi connectivity index (χ3n) is 4.82. The molecule has 140 valence electrons. The Bertz CT molecular complexity index is 339. The van der Waals surface area contributed by atoms with E-state index in [0.717, 1.165) is 12.8 Å². The summed E-state index contributed by atoms with van der Waals surface area (Å²) in [7, 11) is 0. The third-order valence-corrected chi connectivity index (χ3v) is 4.82. The van der Waals surface area contributed by atoms with E-state index in [0.29, 0.717) is 0 Å². The van der Waals surface area contributed by atoms with Gasteiger partial charge in [-0.15, -0.1) is 0 Å². The van der Waals surface area contributed by atoms with Gasteiger partial charge in [-0.3, -0.25) is 0 Å². The normalized spacial score (nSPS) is 18.5. The van der Waals surface area contributed by atoms with Crippen LogP contribution in [-0.4, -0.2) is 22.4 Å². The standard InChI is InChI=1S/C21H40N2O/c1-3-4-5-6-7-8-9-10-11-12-13-14-15-16-17-21-22-18-19-23(21)20(2)24/h14-15,18-22,24H,3-13,16-17H2,1-2H3/b15-14+. The van der Waals surface area contributed by atoms with Gasteiger partial charge in [-0.05, 0) is 32.6 Å². The minimum Gasteiger partial charge on any atom is -0.374 e. The number of aliphatic hydroxyl groups excluding tert-OH is 1. The molecule has 1 aliphatic heterocycles. The van der Waals surface area contributed by atoms with Gasteiger partial charge in [0.25, 0.3) is 0 Å². The molecule has 0 saturated carbocycles. The number of hydrogen-bond donors (Lipinski definition) is 2. The summed E-state index contributed by atoms with van der Waals surface area (Å²) in [6.45, 7) is 4.09. The highest BCUT2D eigenvalue weighted by Crippen LogP contribution is 2.14.